The molecular formula is C26H36FN3O2Si. The van der Waals surface area contributed by atoms with E-state index in [4.69, 9.17) is 9.16 Å². The lowest BCUT2D eigenvalue weighted by atomic mass is 10.0. The van der Waals surface area contributed by atoms with E-state index in [9.17, 15) is 4.39 Å². The van der Waals surface area contributed by atoms with E-state index >= 15 is 0 Å². The minimum Gasteiger partial charge on any atom is -0.496 e. The summed E-state index contributed by atoms with van der Waals surface area (Å²) in [5, 5.41) is 1.23. The zero-order valence-corrected chi connectivity index (χ0v) is 21.7. The van der Waals surface area contributed by atoms with E-state index in [0.717, 1.165) is 54.8 Å². The van der Waals surface area contributed by atoms with Gasteiger partial charge in [0.25, 0.3) is 0 Å². The standard InChI is InChI=1S/C26H36FN3O2Si/c1-26(2,3)33(5,6)32-14-13-30-12-10-18(17-30)23-16-22-20(9-11-28-25(22)29-23)21-15-19(27)7-8-24(21)31-4/h7-9,11,15-16,18H,10,12-14,17H2,1-6H3,(H,28,29). The molecule has 0 bridgehead atoms. The number of H-pyrrole nitrogens is 1. The monoisotopic (exact) mass is 469 g/mol. The van der Waals surface area contributed by atoms with Crippen molar-refractivity contribution < 1.29 is 13.6 Å². The van der Waals surface area contributed by atoms with Crippen LogP contribution in [0.3, 0.4) is 0 Å². The fourth-order valence-corrected chi connectivity index (χ4v) is 5.36. The molecule has 178 valence electrons. The van der Waals surface area contributed by atoms with E-state index in [1.807, 2.05) is 6.07 Å². The second-order valence-corrected chi connectivity index (χ2v) is 15.4. The summed E-state index contributed by atoms with van der Waals surface area (Å²) in [6.07, 6.45) is 2.87. The summed E-state index contributed by atoms with van der Waals surface area (Å²) in [5.74, 6) is 0.799. The normalized spacial score (nSPS) is 17.7. The van der Waals surface area contributed by atoms with E-state index in [2.05, 4.69) is 54.8 Å². The molecule has 4 rings (SSSR count). The molecule has 7 heteroatoms. The molecule has 1 aliphatic rings. The van der Waals surface area contributed by atoms with Gasteiger partial charge in [-0.2, -0.15) is 0 Å². The molecule has 2 aromatic heterocycles. The topological polar surface area (TPSA) is 50.4 Å². The Hall–Kier alpha value is -2.22. The van der Waals surface area contributed by atoms with Crippen molar-refractivity contribution in [2.24, 2.45) is 0 Å². The van der Waals surface area contributed by atoms with E-state index in [1.165, 1.54) is 17.8 Å². The SMILES string of the molecule is COc1ccc(F)cc1-c1ccnc2[nH]c(C3CCN(CCO[Si](C)(C)C(C)(C)C)C3)cc12. The molecule has 1 unspecified atom stereocenters. The van der Waals surface area contributed by atoms with Crippen LogP contribution in [0, 0.1) is 5.82 Å². The first-order chi connectivity index (χ1) is 15.6. The van der Waals surface area contributed by atoms with Crippen LogP contribution in [0.15, 0.2) is 36.5 Å². The summed E-state index contributed by atoms with van der Waals surface area (Å²) >= 11 is 0. The molecule has 1 N–H and O–H groups in total. The van der Waals surface area contributed by atoms with Crippen LogP contribution >= 0.6 is 0 Å². The Morgan fingerprint density at radius 1 is 1.18 bits per heavy atom. The van der Waals surface area contributed by atoms with Crippen molar-refractivity contribution in [3.63, 3.8) is 0 Å². The Balaban J connectivity index is 1.49. The number of pyridine rings is 1. The van der Waals surface area contributed by atoms with Crippen LogP contribution in [0.4, 0.5) is 4.39 Å². The van der Waals surface area contributed by atoms with Gasteiger partial charge in [0.15, 0.2) is 8.32 Å². The van der Waals surface area contributed by atoms with Gasteiger partial charge < -0.3 is 19.0 Å². The highest BCUT2D eigenvalue weighted by molar-refractivity contribution is 6.74. The number of nitrogens with one attached hydrogen (secondary N) is 1. The number of nitrogens with zero attached hydrogens (tertiary/aromatic N) is 2. The molecule has 3 heterocycles. The third-order valence-electron chi connectivity index (χ3n) is 7.39. The number of aromatic nitrogens is 2. The maximum absolute atomic E-state index is 14.0. The fraction of sp³-hybridized carbons (Fsp3) is 0.500. The molecule has 0 aliphatic carbocycles. The first kappa shape index (κ1) is 23.9. The molecular weight excluding hydrogens is 433 g/mol. The highest BCUT2D eigenvalue weighted by atomic mass is 28.4. The van der Waals surface area contributed by atoms with Gasteiger partial charge in [0, 0.05) is 48.5 Å². The van der Waals surface area contributed by atoms with Crippen LogP contribution in [0.2, 0.25) is 18.1 Å². The number of hydrogen-bond acceptors (Lipinski definition) is 4. The molecule has 0 spiro atoms. The predicted octanol–water partition coefficient (Wildman–Crippen LogP) is 6.19. The van der Waals surface area contributed by atoms with Gasteiger partial charge >= 0.3 is 0 Å². The number of halogens is 1. The number of likely N-dealkylation sites (tertiary alicyclic amines) is 1. The summed E-state index contributed by atoms with van der Waals surface area (Å²) in [5.41, 5.74) is 3.68. The first-order valence-corrected chi connectivity index (χ1v) is 14.7. The molecule has 5 nitrogen and oxygen atoms in total. The third kappa shape index (κ3) is 5.00. The van der Waals surface area contributed by atoms with Gasteiger partial charge in [-0.25, -0.2) is 9.37 Å². The van der Waals surface area contributed by atoms with Gasteiger partial charge in [-0.05, 0) is 67.0 Å². The number of hydrogen-bond donors (Lipinski definition) is 1. The molecule has 1 aromatic carbocycles. The van der Waals surface area contributed by atoms with Gasteiger partial charge in [0.05, 0.1) is 7.11 Å². The molecule has 1 atom stereocenters. The van der Waals surface area contributed by atoms with Crippen molar-refractivity contribution in [3.8, 4) is 16.9 Å². The Morgan fingerprint density at radius 3 is 2.70 bits per heavy atom. The first-order valence-electron chi connectivity index (χ1n) is 11.8. The van der Waals surface area contributed by atoms with Gasteiger partial charge in [0.1, 0.15) is 17.2 Å². The summed E-state index contributed by atoms with van der Waals surface area (Å²) in [6.45, 7) is 15.3. The highest BCUT2D eigenvalue weighted by Gasteiger charge is 2.37. The van der Waals surface area contributed by atoms with Crippen LogP contribution in [-0.4, -0.2) is 56.5 Å². The molecule has 0 amide bonds. The maximum Gasteiger partial charge on any atom is 0.192 e. The molecule has 1 fully saturated rings. The number of fused-ring (bicyclic) bond motifs is 1. The van der Waals surface area contributed by atoms with Gasteiger partial charge in [-0.1, -0.05) is 20.8 Å². The number of rotatable bonds is 7. The summed E-state index contributed by atoms with van der Waals surface area (Å²) in [6, 6.07) is 8.73. The van der Waals surface area contributed by atoms with Crippen LogP contribution in [0.5, 0.6) is 5.75 Å². The van der Waals surface area contributed by atoms with E-state index in [1.54, 1.807) is 19.4 Å². The van der Waals surface area contributed by atoms with E-state index < -0.39 is 8.32 Å². The number of ether oxygens (including phenoxy) is 1. The molecule has 1 aliphatic heterocycles. The lowest BCUT2D eigenvalue weighted by Gasteiger charge is -2.36. The Bertz CT molecular complexity index is 1120. The van der Waals surface area contributed by atoms with Crippen LogP contribution in [0.1, 0.15) is 38.8 Å². The minimum atomic E-state index is -1.71. The van der Waals surface area contributed by atoms with Crippen molar-refractivity contribution in [1.82, 2.24) is 14.9 Å². The van der Waals surface area contributed by atoms with Crippen LogP contribution in [-0.2, 0) is 4.43 Å². The zero-order valence-electron chi connectivity index (χ0n) is 20.7. The van der Waals surface area contributed by atoms with Gasteiger partial charge in [0.2, 0.25) is 0 Å². The smallest absolute Gasteiger partial charge is 0.192 e. The lowest BCUT2D eigenvalue weighted by molar-refractivity contribution is 0.221. The molecule has 0 radical (unpaired) electrons. The third-order valence-corrected chi connectivity index (χ3v) is 11.9. The van der Waals surface area contributed by atoms with E-state index in [-0.39, 0.29) is 10.9 Å². The predicted molar refractivity (Wildman–Crippen MR) is 135 cm³/mol. The highest BCUT2D eigenvalue weighted by Crippen LogP contribution is 2.38. The van der Waals surface area contributed by atoms with Crippen molar-refractivity contribution in [2.75, 3.05) is 33.4 Å². The maximum atomic E-state index is 14.0. The number of aromatic amines is 1. The zero-order chi connectivity index (χ0) is 23.8. The second kappa shape index (κ2) is 9.20. The fourth-order valence-electron chi connectivity index (χ4n) is 4.33. The second-order valence-electron chi connectivity index (χ2n) is 10.6. The summed E-state index contributed by atoms with van der Waals surface area (Å²) < 4.78 is 25.9. The molecule has 1 saturated heterocycles. The summed E-state index contributed by atoms with van der Waals surface area (Å²) in [7, 11) is -0.0979. The Kier molecular flexibility index (Phi) is 6.67. The average Bonchev–Trinajstić information content (AvgIpc) is 3.39. The van der Waals surface area contributed by atoms with Crippen molar-refractivity contribution in [3.05, 3.63) is 48.0 Å². The largest absolute Gasteiger partial charge is 0.496 e. The summed E-state index contributed by atoms with van der Waals surface area (Å²) in [4.78, 5) is 10.6. The molecule has 0 saturated carbocycles. The van der Waals surface area contributed by atoms with Gasteiger partial charge in [-0.15, -0.1) is 0 Å². The Labute approximate surface area is 197 Å². The van der Waals surface area contributed by atoms with Crippen molar-refractivity contribution >= 4 is 19.4 Å². The van der Waals surface area contributed by atoms with E-state index in [0.29, 0.717) is 11.7 Å². The van der Waals surface area contributed by atoms with Crippen LogP contribution < -0.4 is 4.74 Å². The molecule has 33 heavy (non-hydrogen) atoms. The quantitative estimate of drug-likeness (QED) is 0.419. The minimum absolute atomic E-state index is 0.236. The average molecular weight is 470 g/mol. The molecule has 3 aromatic rings. The van der Waals surface area contributed by atoms with Crippen LogP contribution in [0.25, 0.3) is 22.2 Å². The Morgan fingerprint density at radius 2 is 1.97 bits per heavy atom. The number of benzene rings is 1. The van der Waals surface area contributed by atoms with Gasteiger partial charge in [-0.3, -0.25) is 0 Å². The number of methoxy groups -OCH3 is 1. The van der Waals surface area contributed by atoms with Crippen molar-refractivity contribution in [1.29, 1.82) is 0 Å². The van der Waals surface area contributed by atoms with Crippen molar-refractivity contribution in [2.45, 2.75) is 51.2 Å². The lowest BCUT2D eigenvalue weighted by Crippen LogP contribution is -2.42.